The van der Waals surface area contributed by atoms with Crippen molar-refractivity contribution < 1.29 is 0 Å². The second kappa shape index (κ2) is 3.63. The van der Waals surface area contributed by atoms with Gasteiger partial charge in [0.2, 0.25) is 0 Å². The molecule has 1 aromatic rings. The summed E-state index contributed by atoms with van der Waals surface area (Å²) in [5, 5.41) is 4.79. The van der Waals surface area contributed by atoms with Crippen LogP contribution in [0.5, 0.6) is 0 Å². The summed E-state index contributed by atoms with van der Waals surface area (Å²) in [5.41, 5.74) is 1.55. The molecule has 0 radical (unpaired) electrons. The van der Waals surface area contributed by atoms with E-state index in [0.717, 1.165) is 6.42 Å². The number of thiazole rings is 1. The topological polar surface area (TPSA) is 24.9 Å². The highest BCUT2D eigenvalue weighted by molar-refractivity contribution is 7.11. The van der Waals surface area contributed by atoms with Crippen LogP contribution in [0.4, 0.5) is 0 Å². The minimum atomic E-state index is 0.323. The van der Waals surface area contributed by atoms with Crippen LogP contribution in [0.15, 0.2) is 0 Å². The van der Waals surface area contributed by atoms with Crippen molar-refractivity contribution in [3.63, 3.8) is 0 Å². The lowest BCUT2D eigenvalue weighted by Crippen LogP contribution is -2.38. The van der Waals surface area contributed by atoms with Gasteiger partial charge >= 0.3 is 0 Å². The summed E-state index contributed by atoms with van der Waals surface area (Å²) in [6.07, 6.45) is 3.75. The maximum Gasteiger partial charge on any atom is 0.0900 e. The predicted octanol–water partition coefficient (Wildman–Crippen LogP) is 2.44. The van der Waals surface area contributed by atoms with Crippen LogP contribution in [-0.2, 0) is 6.42 Å². The lowest BCUT2D eigenvalue weighted by Gasteiger charge is -2.23. The van der Waals surface area contributed by atoms with Gasteiger partial charge in [0, 0.05) is 16.8 Å². The number of nitrogens with one attached hydrogen (secondary N) is 1. The van der Waals surface area contributed by atoms with E-state index in [-0.39, 0.29) is 0 Å². The van der Waals surface area contributed by atoms with Gasteiger partial charge in [0.05, 0.1) is 10.7 Å². The molecule has 1 fully saturated rings. The Morgan fingerprint density at radius 3 is 2.79 bits per heavy atom. The van der Waals surface area contributed by atoms with Crippen molar-refractivity contribution in [2.24, 2.45) is 0 Å². The minimum Gasteiger partial charge on any atom is -0.311 e. The SMILES string of the molecule is Cc1nc(C)c(CC2(C)CCCN2)s1. The van der Waals surface area contributed by atoms with Crippen LogP contribution in [0.3, 0.4) is 0 Å². The van der Waals surface area contributed by atoms with Gasteiger partial charge in [-0.05, 0) is 40.2 Å². The molecule has 0 spiro atoms. The van der Waals surface area contributed by atoms with Gasteiger partial charge in [0.1, 0.15) is 0 Å². The molecule has 2 rings (SSSR count). The first-order valence-electron chi connectivity index (χ1n) is 5.27. The molecule has 3 heteroatoms. The Balaban J connectivity index is 2.13. The van der Waals surface area contributed by atoms with E-state index in [0.29, 0.717) is 5.54 Å². The van der Waals surface area contributed by atoms with Gasteiger partial charge in [-0.2, -0.15) is 0 Å². The first-order chi connectivity index (χ1) is 6.59. The lowest BCUT2D eigenvalue weighted by atomic mass is 9.95. The smallest absolute Gasteiger partial charge is 0.0900 e. The van der Waals surface area contributed by atoms with Crippen molar-refractivity contribution in [1.29, 1.82) is 0 Å². The number of aromatic nitrogens is 1. The Labute approximate surface area is 89.8 Å². The molecule has 2 nitrogen and oxygen atoms in total. The van der Waals surface area contributed by atoms with Gasteiger partial charge in [0.15, 0.2) is 0 Å². The minimum absolute atomic E-state index is 0.323. The van der Waals surface area contributed by atoms with E-state index in [9.17, 15) is 0 Å². The van der Waals surface area contributed by atoms with Crippen LogP contribution in [0.1, 0.15) is 35.3 Å². The number of aryl methyl sites for hydroxylation is 2. The molecular weight excluding hydrogens is 192 g/mol. The monoisotopic (exact) mass is 210 g/mol. The molecule has 2 heterocycles. The average molecular weight is 210 g/mol. The predicted molar refractivity (Wildman–Crippen MR) is 60.9 cm³/mol. The van der Waals surface area contributed by atoms with Crippen molar-refractivity contribution in [3.8, 4) is 0 Å². The summed E-state index contributed by atoms with van der Waals surface area (Å²) in [7, 11) is 0. The summed E-state index contributed by atoms with van der Waals surface area (Å²) in [6.45, 7) is 7.71. The number of nitrogens with zero attached hydrogens (tertiary/aromatic N) is 1. The summed E-state index contributed by atoms with van der Waals surface area (Å²) in [6, 6.07) is 0. The molecule has 1 saturated heterocycles. The van der Waals surface area contributed by atoms with E-state index < -0.39 is 0 Å². The van der Waals surface area contributed by atoms with E-state index in [1.807, 2.05) is 11.3 Å². The van der Waals surface area contributed by atoms with E-state index in [1.165, 1.54) is 35.0 Å². The van der Waals surface area contributed by atoms with Gasteiger partial charge in [-0.3, -0.25) is 0 Å². The molecule has 1 aliphatic rings. The highest BCUT2D eigenvalue weighted by Gasteiger charge is 2.29. The average Bonchev–Trinajstić information content (AvgIpc) is 2.61. The van der Waals surface area contributed by atoms with Crippen molar-refractivity contribution >= 4 is 11.3 Å². The highest BCUT2D eigenvalue weighted by atomic mass is 32.1. The molecule has 14 heavy (non-hydrogen) atoms. The molecule has 1 atom stereocenters. The van der Waals surface area contributed by atoms with Crippen molar-refractivity contribution in [3.05, 3.63) is 15.6 Å². The van der Waals surface area contributed by atoms with Gasteiger partial charge in [-0.15, -0.1) is 11.3 Å². The van der Waals surface area contributed by atoms with Gasteiger partial charge < -0.3 is 5.32 Å². The van der Waals surface area contributed by atoms with Crippen LogP contribution in [0.25, 0.3) is 0 Å². The van der Waals surface area contributed by atoms with E-state index >= 15 is 0 Å². The summed E-state index contributed by atoms with van der Waals surface area (Å²) in [5.74, 6) is 0. The molecule has 0 bridgehead atoms. The highest BCUT2D eigenvalue weighted by Crippen LogP contribution is 2.27. The Kier molecular flexibility index (Phi) is 2.62. The largest absolute Gasteiger partial charge is 0.311 e. The van der Waals surface area contributed by atoms with Crippen LogP contribution < -0.4 is 5.32 Å². The molecule has 1 aromatic heterocycles. The molecule has 1 unspecified atom stereocenters. The van der Waals surface area contributed by atoms with Crippen molar-refractivity contribution in [1.82, 2.24) is 10.3 Å². The van der Waals surface area contributed by atoms with Gasteiger partial charge in [-0.1, -0.05) is 0 Å². The molecule has 1 N–H and O–H groups in total. The molecule has 0 saturated carbocycles. The lowest BCUT2D eigenvalue weighted by molar-refractivity contribution is 0.414. The normalized spacial score (nSPS) is 27.1. The van der Waals surface area contributed by atoms with Crippen LogP contribution in [0.2, 0.25) is 0 Å². The fourth-order valence-electron chi connectivity index (χ4n) is 2.20. The molecule has 78 valence electrons. The third kappa shape index (κ3) is 1.98. The molecular formula is C11H18N2S. The third-order valence-corrected chi connectivity index (χ3v) is 4.08. The van der Waals surface area contributed by atoms with E-state index in [1.54, 1.807) is 0 Å². The zero-order valence-corrected chi connectivity index (χ0v) is 10.0. The second-order valence-corrected chi connectivity index (χ2v) is 5.80. The van der Waals surface area contributed by atoms with Gasteiger partial charge in [-0.25, -0.2) is 4.98 Å². The van der Waals surface area contributed by atoms with Crippen molar-refractivity contribution in [2.75, 3.05) is 6.54 Å². The Morgan fingerprint density at radius 1 is 1.50 bits per heavy atom. The Hall–Kier alpha value is -0.410. The first kappa shape index (κ1) is 10.1. The maximum atomic E-state index is 4.47. The standard InChI is InChI=1S/C11H18N2S/c1-8-10(14-9(2)13-8)7-11(3)5-4-6-12-11/h12H,4-7H2,1-3H3. The molecule has 0 aromatic carbocycles. The fourth-order valence-corrected chi connectivity index (χ4v) is 3.32. The van der Waals surface area contributed by atoms with E-state index in [2.05, 4.69) is 31.1 Å². The summed E-state index contributed by atoms with van der Waals surface area (Å²) >= 11 is 1.85. The Morgan fingerprint density at radius 2 is 2.29 bits per heavy atom. The number of hydrogen-bond acceptors (Lipinski definition) is 3. The van der Waals surface area contributed by atoms with E-state index in [4.69, 9.17) is 0 Å². The van der Waals surface area contributed by atoms with Crippen molar-refractivity contribution in [2.45, 2.75) is 45.6 Å². The first-order valence-corrected chi connectivity index (χ1v) is 6.09. The van der Waals surface area contributed by atoms with Crippen LogP contribution in [0, 0.1) is 13.8 Å². The second-order valence-electron chi connectivity index (χ2n) is 4.51. The molecule has 0 amide bonds. The zero-order valence-electron chi connectivity index (χ0n) is 9.18. The van der Waals surface area contributed by atoms with Crippen LogP contribution in [-0.4, -0.2) is 17.1 Å². The molecule has 0 aliphatic carbocycles. The summed E-state index contributed by atoms with van der Waals surface area (Å²) in [4.78, 5) is 5.93. The maximum absolute atomic E-state index is 4.47. The quantitative estimate of drug-likeness (QED) is 0.811. The van der Waals surface area contributed by atoms with Crippen LogP contribution >= 0.6 is 11.3 Å². The third-order valence-electron chi connectivity index (χ3n) is 3.01. The fraction of sp³-hybridized carbons (Fsp3) is 0.727. The summed E-state index contributed by atoms with van der Waals surface area (Å²) < 4.78 is 0. The number of hydrogen-bond donors (Lipinski definition) is 1. The zero-order chi connectivity index (χ0) is 10.2. The van der Waals surface area contributed by atoms with Gasteiger partial charge in [0.25, 0.3) is 0 Å². The Bertz CT molecular complexity index is 324. The molecule has 1 aliphatic heterocycles. The number of rotatable bonds is 2.